The maximum absolute atomic E-state index is 11.9. The summed E-state index contributed by atoms with van der Waals surface area (Å²) in [4.78, 5) is -2.16. The van der Waals surface area contributed by atoms with Gasteiger partial charge in [0.25, 0.3) is 20.2 Å². The van der Waals surface area contributed by atoms with Gasteiger partial charge in [-0.1, -0.05) is 42.5 Å². The normalized spacial score (nSPS) is 12.2. The fourth-order valence-corrected chi connectivity index (χ4v) is 4.82. The number of para-hydroxylation sites is 1. The zero-order valence-corrected chi connectivity index (χ0v) is 14.6. The largest absolute Gasteiger partial charge is 0.505 e. The maximum Gasteiger partial charge on any atom is 0.298 e. The van der Waals surface area contributed by atoms with Crippen molar-refractivity contribution in [2.24, 2.45) is 0 Å². The van der Waals surface area contributed by atoms with Gasteiger partial charge in [-0.2, -0.15) is 16.8 Å². The third kappa shape index (κ3) is 3.22. The van der Waals surface area contributed by atoms with Gasteiger partial charge in [0.2, 0.25) is 0 Å². The van der Waals surface area contributed by atoms with Gasteiger partial charge in [0.15, 0.2) is 0 Å². The van der Waals surface area contributed by atoms with Crippen LogP contribution in [-0.2, 0) is 20.2 Å². The van der Waals surface area contributed by atoms with Gasteiger partial charge in [-0.05, 0) is 12.1 Å². The first-order valence-electron chi connectivity index (χ1n) is 7.15. The lowest BCUT2D eigenvalue weighted by Gasteiger charge is -2.17. The van der Waals surface area contributed by atoms with Crippen molar-refractivity contribution in [3.05, 3.63) is 54.6 Å². The molecule has 0 heterocycles. The first kappa shape index (κ1) is 18.1. The predicted molar refractivity (Wildman–Crippen MR) is 95.0 cm³/mol. The molecule has 4 N–H and O–H groups in total. The van der Waals surface area contributed by atoms with E-state index in [-0.39, 0.29) is 10.8 Å². The van der Waals surface area contributed by atoms with E-state index in [1.54, 1.807) is 18.2 Å². The molecule has 0 amide bonds. The third-order valence-corrected chi connectivity index (χ3v) is 5.65. The van der Waals surface area contributed by atoms with Crippen molar-refractivity contribution in [3.8, 4) is 5.75 Å². The van der Waals surface area contributed by atoms with E-state index in [0.29, 0.717) is 5.69 Å². The fraction of sp³-hybridized carbons (Fsp3) is 0. The van der Waals surface area contributed by atoms with Crippen LogP contribution in [0, 0.1) is 0 Å². The van der Waals surface area contributed by atoms with Crippen LogP contribution in [0.2, 0.25) is 0 Å². The Morgan fingerprint density at radius 2 is 1.19 bits per heavy atom. The Kier molecular flexibility index (Phi) is 4.36. The molecule has 0 aromatic heterocycles. The van der Waals surface area contributed by atoms with E-state index >= 15 is 0 Å². The van der Waals surface area contributed by atoms with Gasteiger partial charge >= 0.3 is 0 Å². The molecular weight excluding hydrogens is 382 g/mol. The number of nitrogens with one attached hydrogen (secondary N) is 1. The summed E-state index contributed by atoms with van der Waals surface area (Å²) < 4.78 is 66.9. The van der Waals surface area contributed by atoms with Crippen LogP contribution in [0.25, 0.3) is 10.8 Å². The second-order valence-electron chi connectivity index (χ2n) is 5.37. The molecule has 0 spiro atoms. The molecule has 8 nitrogen and oxygen atoms in total. The molecule has 0 saturated heterocycles. The molecule has 0 atom stereocenters. The molecule has 0 unspecified atom stereocenters. The Hall–Kier alpha value is -2.66. The minimum Gasteiger partial charge on any atom is -0.505 e. The zero-order valence-electron chi connectivity index (χ0n) is 13.0. The number of phenols is 1. The van der Waals surface area contributed by atoms with Crippen molar-refractivity contribution in [1.29, 1.82) is 0 Å². The second kappa shape index (κ2) is 6.25. The van der Waals surface area contributed by atoms with Gasteiger partial charge < -0.3 is 10.4 Å². The van der Waals surface area contributed by atoms with Crippen molar-refractivity contribution in [2.75, 3.05) is 5.32 Å². The van der Waals surface area contributed by atoms with E-state index in [0.717, 1.165) is 0 Å². The van der Waals surface area contributed by atoms with Crippen LogP contribution in [0.4, 0.5) is 11.4 Å². The third-order valence-electron chi connectivity index (χ3n) is 3.66. The van der Waals surface area contributed by atoms with Crippen molar-refractivity contribution in [3.63, 3.8) is 0 Å². The molecule has 10 heteroatoms. The Morgan fingerprint density at radius 3 is 1.73 bits per heavy atom. The molecule has 3 aromatic rings. The molecule has 3 aromatic carbocycles. The Balaban J connectivity index is 2.52. The standard InChI is InChI=1S/C16H13NO7S2/c18-14-11-8-4-5-9-12(11)15(25(19,20)21)16(26(22,23)24)13(14)17-10-6-2-1-3-7-10/h1-9,17-18H,(H,19,20,21)(H,22,23,24). The van der Waals surface area contributed by atoms with Gasteiger partial charge in [0.05, 0.1) is 0 Å². The summed E-state index contributed by atoms with van der Waals surface area (Å²) in [7, 11) is -10.2. The zero-order chi connectivity index (χ0) is 19.1. The van der Waals surface area contributed by atoms with Crippen LogP contribution in [0.5, 0.6) is 5.75 Å². The lowest BCUT2D eigenvalue weighted by molar-refractivity contribution is 0.462. The number of benzene rings is 3. The predicted octanol–water partition coefficient (Wildman–Crippen LogP) is 2.78. The number of fused-ring (bicyclic) bond motifs is 1. The Labute approximate surface area is 149 Å². The van der Waals surface area contributed by atoms with Crippen molar-refractivity contribution in [2.45, 2.75) is 9.79 Å². The molecule has 136 valence electrons. The fourth-order valence-electron chi connectivity index (χ4n) is 2.65. The molecule has 3 rings (SSSR count). The van der Waals surface area contributed by atoms with E-state index in [2.05, 4.69) is 5.32 Å². The monoisotopic (exact) mass is 395 g/mol. The van der Waals surface area contributed by atoms with Gasteiger partial charge in [0.1, 0.15) is 21.2 Å². The molecule has 0 saturated carbocycles. The lowest BCUT2D eigenvalue weighted by atomic mass is 10.1. The highest BCUT2D eigenvalue weighted by atomic mass is 32.2. The average molecular weight is 395 g/mol. The van der Waals surface area contributed by atoms with Crippen LogP contribution in [-0.4, -0.2) is 31.0 Å². The van der Waals surface area contributed by atoms with E-state index in [1.165, 1.54) is 36.4 Å². The van der Waals surface area contributed by atoms with Crippen molar-refractivity contribution >= 4 is 42.4 Å². The summed E-state index contributed by atoms with van der Waals surface area (Å²) in [5.41, 5.74) is -0.241. The molecule has 26 heavy (non-hydrogen) atoms. The number of aromatic hydroxyl groups is 1. The Bertz CT molecular complexity index is 1200. The van der Waals surface area contributed by atoms with Crippen molar-refractivity contribution in [1.82, 2.24) is 0 Å². The average Bonchev–Trinajstić information content (AvgIpc) is 2.56. The molecule has 0 aliphatic rings. The summed E-state index contributed by atoms with van der Waals surface area (Å²) in [6.45, 7) is 0. The highest BCUT2D eigenvalue weighted by Crippen LogP contribution is 2.44. The summed E-state index contributed by atoms with van der Waals surface area (Å²) in [6, 6.07) is 13.5. The van der Waals surface area contributed by atoms with Crippen LogP contribution >= 0.6 is 0 Å². The van der Waals surface area contributed by atoms with E-state index < -0.39 is 41.5 Å². The maximum atomic E-state index is 11.9. The van der Waals surface area contributed by atoms with E-state index in [9.17, 15) is 31.0 Å². The molecular formula is C16H13NO7S2. The number of hydrogen-bond donors (Lipinski definition) is 4. The first-order chi connectivity index (χ1) is 12.1. The summed E-state index contributed by atoms with van der Waals surface area (Å²) in [5.74, 6) is -0.593. The van der Waals surface area contributed by atoms with Crippen LogP contribution in [0.15, 0.2) is 64.4 Å². The molecule has 0 radical (unpaired) electrons. The molecule has 0 bridgehead atoms. The number of hydrogen-bond acceptors (Lipinski definition) is 6. The summed E-state index contributed by atoms with van der Waals surface area (Å²) in [5, 5.41) is 12.8. The highest BCUT2D eigenvalue weighted by Gasteiger charge is 2.33. The smallest absolute Gasteiger partial charge is 0.298 e. The van der Waals surface area contributed by atoms with Gasteiger partial charge in [0, 0.05) is 16.5 Å². The van der Waals surface area contributed by atoms with E-state index in [1.807, 2.05) is 0 Å². The minimum absolute atomic E-state index is 0.0223. The first-order valence-corrected chi connectivity index (χ1v) is 10.0. The lowest BCUT2D eigenvalue weighted by Crippen LogP contribution is -2.12. The number of rotatable bonds is 4. The number of phenolic OH excluding ortho intramolecular Hbond substituents is 1. The van der Waals surface area contributed by atoms with Crippen LogP contribution in [0.3, 0.4) is 0 Å². The number of anilines is 2. The van der Waals surface area contributed by atoms with Gasteiger partial charge in [-0.3, -0.25) is 9.11 Å². The van der Waals surface area contributed by atoms with Crippen LogP contribution < -0.4 is 5.32 Å². The molecule has 0 aliphatic heterocycles. The topological polar surface area (TPSA) is 141 Å². The van der Waals surface area contributed by atoms with E-state index in [4.69, 9.17) is 0 Å². The second-order valence-corrected chi connectivity index (χ2v) is 8.09. The molecule has 0 aliphatic carbocycles. The highest BCUT2D eigenvalue weighted by molar-refractivity contribution is 7.89. The minimum atomic E-state index is -5.14. The Morgan fingerprint density at radius 1 is 0.692 bits per heavy atom. The quantitative estimate of drug-likeness (QED) is 0.390. The van der Waals surface area contributed by atoms with Crippen molar-refractivity contribution < 1.29 is 31.0 Å². The van der Waals surface area contributed by atoms with Gasteiger partial charge in [-0.25, -0.2) is 0 Å². The summed E-state index contributed by atoms with van der Waals surface area (Å²) in [6.07, 6.45) is 0. The SMILES string of the molecule is O=S(=O)(O)c1c(Nc2ccccc2)c(O)c2ccccc2c1S(=O)(=O)O. The molecule has 0 fully saturated rings. The van der Waals surface area contributed by atoms with Crippen LogP contribution in [0.1, 0.15) is 0 Å². The summed E-state index contributed by atoms with van der Waals surface area (Å²) >= 11 is 0. The van der Waals surface area contributed by atoms with Gasteiger partial charge in [-0.15, -0.1) is 0 Å².